The molecule has 0 aromatic heterocycles. The number of nitrogens with one attached hydrogen (secondary N) is 1. The Kier molecular flexibility index (Phi) is 3.87. The van der Waals surface area contributed by atoms with Crippen LogP contribution in [0.4, 0.5) is 20.2 Å². The molecule has 0 aliphatic carbocycles. The summed E-state index contributed by atoms with van der Waals surface area (Å²) in [5.74, 6) is -2.38. The summed E-state index contributed by atoms with van der Waals surface area (Å²) in [6.45, 7) is 3.48. The van der Waals surface area contributed by atoms with Gasteiger partial charge in [-0.3, -0.25) is 4.72 Å². The van der Waals surface area contributed by atoms with E-state index in [1.807, 2.05) is 4.72 Å². The van der Waals surface area contributed by atoms with Gasteiger partial charge in [0.25, 0.3) is 10.0 Å². The molecule has 21 heavy (non-hydrogen) atoms. The summed E-state index contributed by atoms with van der Waals surface area (Å²) in [6.07, 6.45) is 0. The largest absolute Gasteiger partial charge is 0.398 e. The van der Waals surface area contributed by atoms with E-state index in [1.54, 1.807) is 13.8 Å². The number of rotatable bonds is 3. The maximum absolute atomic E-state index is 13.5. The molecule has 2 rings (SSSR count). The van der Waals surface area contributed by atoms with Crippen LogP contribution in [-0.2, 0) is 10.0 Å². The van der Waals surface area contributed by atoms with E-state index in [4.69, 9.17) is 5.73 Å². The fourth-order valence-electron chi connectivity index (χ4n) is 1.79. The molecular formula is C14H14F2N2O2S. The molecule has 112 valence electrons. The van der Waals surface area contributed by atoms with Gasteiger partial charge in [-0.25, -0.2) is 17.2 Å². The summed E-state index contributed by atoms with van der Waals surface area (Å²) in [4.78, 5) is -0.105. The fourth-order valence-corrected chi connectivity index (χ4v) is 2.97. The van der Waals surface area contributed by atoms with Crippen molar-refractivity contribution in [3.63, 3.8) is 0 Å². The number of sulfonamides is 1. The number of nitrogens with two attached hydrogens (primary N) is 1. The molecule has 0 heterocycles. The lowest BCUT2D eigenvalue weighted by atomic mass is 10.1. The van der Waals surface area contributed by atoms with Crippen molar-refractivity contribution in [1.29, 1.82) is 0 Å². The Bertz CT molecular complexity index is 782. The Morgan fingerprint density at radius 2 is 1.81 bits per heavy atom. The van der Waals surface area contributed by atoms with Crippen molar-refractivity contribution < 1.29 is 17.2 Å². The Morgan fingerprint density at radius 1 is 1.14 bits per heavy atom. The first-order valence-corrected chi connectivity index (χ1v) is 7.54. The van der Waals surface area contributed by atoms with E-state index in [-0.39, 0.29) is 4.90 Å². The summed E-state index contributed by atoms with van der Waals surface area (Å²) in [6, 6.07) is 5.96. The molecule has 0 amide bonds. The normalized spacial score (nSPS) is 11.4. The fraction of sp³-hybridized carbons (Fsp3) is 0.143. The molecule has 0 bridgehead atoms. The van der Waals surface area contributed by atoms with Crippen molar-refractivity contribution in [3.8, 4) is 0 Å². The molecule has 7 heteroatoms. The number of hydrogen-bond acceptors (Lipinski definition) is 3. The van der Waals surface area contributed by atoms with Crippen LogP contribution in [-0.4, -0.2) is 8.42 Å². The van der Waals surface area contributed by atoms with Gasteiger partial charge in [-0.05, 0) is 49.2 Å². The van der Waals surface area contributed by atoms with Crippen LogP contribution in [0.3, 0.4) is 0 Å². The summed E-state index contributed by atoms with van der Waals surface area (Å²) >= 11 is 0. The zero-order chi connectivity index (χ0) is 15.8. The quantitative estimate of drug-likeness (QED) is 0.856. The summed E-state index contributed by atoms with van der Waals surface area (Å²) in [5, 5.41) is 0. The molecule has 0 fully saturated rings. The predicted molar refractivity (Wildman–Crippen MR) is 77.5 cm³/mol. The smallest absolute Gasteiger partial charge is 0.262 e. The zero-order valence-corrected chi connectivity index (χ0v) is 12.3. The first-order chi connectivity index (χ1) is 9.72. The zero-order valence-electron chi connectivity index (χ0n) is 11.4. The van der Waals surface area contributed by atoms with Gasteiger partial charge in [0.1, 0.15) is 0 Å². The Morgan fingerprint density at radius 3 is 2.43 bits per heavy atom. The SMILES string of the molecule is Cc1cc(S(=O)(=O)Nc2cccc(F)c2F)cc(N)c1C. The molecular weight excluding hydrogens is 298 g/mol. The molecule has 2 aromatic carbocycles. The van der Waals surface area contributed by atoms with Crippen LogP contribution in [0.1, 0.15) is 11.1 Å². The average Bonchev–Trinajstić information content (AvgIpc) is 2.40. The minimum atomic E-state index is -4.05. The summed E-state index contributed by atoms with van der Waals surface area (Å²) in [7, 11) is -4.05. The maximum atomic E-state index is 13.5. The van der Waals surface area contributed by atoms with Gasteiger partial charge in [-0.1, -0.05) is 6.07 Å². The Balaban J connectivity index is 2.46. The van der Waals surface area contributed by atoms with Gasteiger partial charge in [0.2, 0.25) is 0 Å². The van der Waals surface area contributed by atoms with E-state index < -0.39 is 27.3 Å². The number of halogens is 2. The third kappa shape index (κ3) is 2.97. The molecule has 0 spiro atoms. The second kappa shape index (κ2) is 5.33. The Hall–Kier alpha value is -2.15. The molecule has 0 saturated heterocycles. The van der Waals surface area contributed by atoms with Gasteiger partial charge in [-0.15, -0.1) is 0 Å². The monoisotopic (exact) mass is 312 g/mol. The van der Waals surface area contributed by atoms with Crippen LogP contribution >= 0.6 is 0 Å². The topological polar surface area (TPSA) is 72.2 Å². The van der Waals surface area contributed by atoms with E-state index >= 15 is 0 Å². The van der Waals surface area contributed by atoms with Crippen molar-refractivity contribution in [2.45, 2.75) is 18.7 Å². The van der Waals surface area contributed by atoms with Crippen LogP contribution in [0, 0.1) is 25.5 Å². The van der Waals surface area contributed by atoms with Crippen molar-refractivity contribution in [2.75, 3.05) is 10.5 Å². The number of anilines is 2. The van der Waals surface area contributed by atoms with Gasteiger partial charge in [0.15, 0.2) is 11.6 Å². The molecule has 4 nitrogen and oxygen atoms in total. The first kappa shape index (κ1) is 15.2. The van der Waals surface area contributed by atoms with Crippen molar-refractivity contribution >= 4 is 21.4 Å². The second-order valence-corrected chi connectivity index (χ2v) is 6.34. The molecule has 0 atom stereocenters. The van der Waals surface area contributed by atoms with E-state index in [0.29, 0.717) is 11.3 Å². The van der Waals surface area contributed by atoms with Crippen LogP contribution in [0.5, 0.6) is 0 Å². The van der Waals surface area contributed by atoms with E-state index in [9.17, 15) is 17.2 Å². The maximum Gasteiger partial charge on any atom is 0.262 e. The molecule has 0 aliphatic heterocycles. The van der Waals surface area contributed by atoms with Gasteiger partial charge >= 0.3 is 0 Å². The van der Waals surface area contributed by atoms with Gasteiger partial charge in [0, 0.05) is 5.69 Å². The molecule has 2 aromatic rings. The van der Waals surface area contributed by atoms with Crippen molar-refractivity contribution in [2.24, 2.45) is 0 Å². The molecule has 3 N–H and O–H groups in total. The highest BCUT2D eigenvalue weighted by molar-refractivity contribution is 7.92. The number of hydrogen-bond donors (Lipinski definition) is 2. The molecule has 0 unspecified atom stereocenters. The van der Waals surface area contributed by atoms with Crippen LogP contribution < -0.4 is 10.5 Å². The standard InChI is InChI=1S/C14H14F2N2O2S/c1-8-6-10(7-12(17)9(8)2)21(19,20)18-13-5-3-4-11(15)14(13)16/h3-7,18H,17H2,1-2H3. The van der Waals surface area contributed by atoms with E-state index in [1.165, 1.54) is 18.2 Å². The second-order valence-electron chi connectivity index (χ2n) is 4.66. The summed E-state index contributed by atoms with van der Waals surface area (Å²) < 4.78 is 53.1. The van der Waals surface area contributed by atoms with Gasteiger partial charge in [0.05, 0.1) is 10.6 Å². The molecule has 0 saturated carbocycles. The third-order valence-corrected chi connectivity index (χ3v) is 4.53. The van der Waals surface area contributed by atoms with Crippen molar-refractivity contribution in [1.82, 2.24) is 0 Å². The highest BCUT2D eigenvalue weighted by atomic mass is 32.2. The number of aryl methyl sites for hydroxylation is 1. The predicted octanol–water partition coefficient (Wildman–Crippen LogP) is 2.96. The third-order valence-electron chi connectivity index (χ3n) is 3.19. The number of nitrogen functional groups attached to an aromatic ring is 1. The van der Waals surface area contributed by atoms with Gasteiger partial charge < -0.3 is 5.73 Å². The highest BCUT2D eigenvalue weighted by Gasteiger charge is 2.19. The van der Waals surface area contributed by atoms with E-state index in [0.717, 1.165) is 17.7 Å². The van der Waals surface area contributed by atoms with Crippen LogP contribution in [0.2, 0.25) is 0 Å². The lowest BCUT2D eigenvalue weighted by molar-refractivity contribution is 0.511. The summed E-state index contributed by atoms with van der Waals surface area (Å²) in [5.41, 5.74) is 7.06. The molecule has 0 radical (unpaired) electrons. The first-order valence-electron chi connectivity index (χ1n) is 6.06. The minimum Gasteiger partial charge on any atom is -0.398 e. The lowest BCUT2D eigenvalue weighted by Gasteiger charge is -2.12. The highest BCUT2D eigenvalue weighted by Crippen LogP contribution is 2.25. The van der Waals surface area contributed by atoms with Gasteiger partial charge in [-0.2, -0.15) is 0 Å². The number of benzene rings is 2. The minimum absolute atomic E-state index is 0.105. The van der Waals surface area contributed by atoms with Crippen molar-refractivity contribution in [3.05, 3.63) is 53.1 Å². The average molecular weight is 312 g/mol. The Labute approximate surface area is 121 Å². The lowest BCUT2D eigenvalue weighted by Crippen LogP contribution is -2.15. The van der Waals surface area contributed by atoms with Crippen LogP contribution in [0.15, 0.2) is 35.2 Å². The van der Waals surface area contributed by atoms with E-state index in [2.05, 4.69) is 0 Å². The van der Waals surface area contributed by atoms with Crippen LogP contribution in [0.25, 0.3) is 0 Å². The molecule has 0 aliphatic rings.